The van der Waals surface area contributed by atoms with E-state index in [4.69, 9.17) is 4.74 Å². The van der Waals surface area contributed by atoms with Crippen LogP contribution < -0.4 is 10.6 Å². The van der Waals surface area contributed by atoms with Crippen LogP contribution in [0.4, 0.5) is 0 Å². The fourth-order valence-corrected chi connectivity index (χ4v) is 3.16. The highest BCUT2D eigenvalue weighted by Crippen LogP contribution is 2.13. The van der Waals surface area contributed by atoms with Crippen molar-refractivity contribution >= 4 is 30.7 Å². The molecule has 2 heterocycles. The first-order valence-corrected chi connectivity index (χ1v) is 8.17. The van der Waals surface area contributed by atoms with Crippen molar-refractivity contribution in [3.63, 3.8) is 0 Å². The van der Waals surface area contributed by atoms with E-state index in [0.29, 0.717) is 13.0 Å². The number of carbonyl (C=O) groups excluding carboxylic acids is 1. The molecule has 5 nitrogen and oxygen atoms in total. The average Bonchev–Trinajstić information content (AvgIpc) is 3.01. The molecular formula is C17H27Cl2N3O2. The Hall–Kier alpha value is -0.850. The molecule has 2 atom stereocenters. The molecule has 2 aliphatic rings. The first-order chi connectivity index (χ1) is 10.8. The van der Waals surface area contributed by atoms with Gasteiger partial charge in [-0.15, -0.1) is 24.8 Å². The first-order valence-electron chi connectivity index (χ1n) is 8.17. The fourth-order valence-electron chi connectivity index (χ4n) is 3.16. The molecule has 7 heteroatoms. The monoisotopic (exact) mass is 375 g/mol. The lowest BCUT2D eigenvalue weighted by Gasteiger charge is -2.32. The normalized spacial score (nSPS) is 23.8. The van der Waals surface area contributed by atoms with Crippen molar-refractivity contribution in [3.8, 4) is 0 Å². The van der Waals surface area contributed by atoms with Crippen LogP contribution in [0.2, 0.25) is 0 Å². The Morgan fingerprint density at radius 1 is 1.29 bits per heavy atom. The Morgan fingerprint density at radius 2 is 2.08 bits per heavy atom. The zero-order valence-corrected chi connectivity index (χ0v) is 15.4. The molecule has 0 radical (unpaired) electrons. The van der Waals surface area contributed by atoms with Gasteiger partial charge in [0.25, 0.3) is 0 Å². The van der Waals surface area contributed by atoms with Crippen molar-refractivity contribution in [1.82, 2.24) is 15.5 Å². The summed E-state index contributed by atoms with van der Waals surface area (Å²) in [7, 11) is 0. The number of morpholine rings is 1. The number of amides is 1. The number of rotatable bonds is 5. The number of hydrogen-bond donors (Lipinski definition) is 2. The fraction of sp³-hybridized carbons (Fsp3) is 0.588. The number of hydrogen-bond acceptors (Lipinski definition) is 4. The summed E-state index contributed by atoms with van der Waals surface area (Å²) >= 11 is 0. The number of nitrogens with zero attached hydrogens (tertiary/aromatic N) is 1. The summed E-state index contributed by atoms with van der Waals surface area (Å²) in [5, 5.41) is 6.35. The van der Waals surface area contributed by atoms with Gasteiger partial charge in [-0.25, -0.2) is 0 Å². The standard InChI is InChI=1S/C17H25N3O2.2ClH/c21-17(19-15-6-7-18-11-15)10-16-13-20(8-9-22-16)12-14-4-2-1-3-5-14;;/h1-5,15-16,18H,6-13H2,(H,19,21);2*1H. The zero-order valence-electron chi connectivity index (χ0n) is 13.8. The van der Waals surface area contributed by atoms with Gasteiger partial charge in [0, 0.05) is 32.2 Å². The van der Waals surface area contributed by atoms with Gasteiger partial charge in [-0.05, 0) is 18.5 Å². The minimum absolute atomic E-state index is 0. The van der Waals surface area contributed by atoms with Crippen molar-refractivity contribution in [1.29, 1.82) is 0 Å². The van der Waals surface area contributed by atoms with Crippen LogP contribution in [0.15, 0.2) is 30.3 Å². The molecule has 2 N–H and O–H groups in total. The number of carbonyl (C=O) groups is 1. The predicted octanol–water partition coefficient (Wildman–Crippen LogP) is 1.60. The summed E-state index contributed by atoms with van der Waals surface area (Å²) in [6.07, 6.45) is 1.49. The van der Waals surface area contributed by atoms with E-state index >= 15 is 0 Å². The third-order valence-corrected chi connectivity index (χ3v) is 4.31. The topological polar surface area (TPSA) is 53.6 Å². The summed E-state index contributed by atoms with van der Waals surface area (Å²) < 4.78 is 5.76. The molecule has 0 saturated carbocycles. The van der Waals surface area contributed by atoms with Crippen LogP contribution in [0.5, 0.6) is 0 Å². The van der Waals surface area contributed by atoms with E-state index in [-0.39, 0.29) is 42.9 Å². The SMILES string of the molecule is Cl.Cl.O=C(CC1CN(Cc2ccccc2)CCO1)NC1CCNC1. The third-order valence-electron chi connectivity index (χ3n) is 4.31. The van der Waals surface area contributed by atoms with Crippen LogP contribution in [-0.2, 0) is 16.1 Å². The lowest BCUT2D eigenvalue weighted by molar-refractivity contribution is -0.126. The second-order valence-corrected chi connectivity index (χ2v) is 6.17. The minimum atomic E-state index is 0. The van der Waals surface area contributed by atoms with Crippen LogP contribution in [0.1, 0.15) is 18.4 Å². The largest absolute Gasteiger partial charge is 0.375 e. The molecular weight excluding hydrogens is 349 g/mol. The van der Waals surface area contributed by atoms with Gasteiger partial charge in [-0.2, -0.15) is 0 Å². The van der Waals surface area contributed by atoms with Gasteiger partial charge >= 0.3 is 0 Å². The van der Waals surface area contributed by atoms with Crippen molar-refractivity contribution in [2.24, 2.45) is 0 Å². The van der Waals surface area contributed by atoms with E-state index in [1.54, 1.807) is 0 Å². The molecule has 24 heavy (non-hydrogen) atoms. The van der Waals surface area contributed by atoms with Crippen LogP contribution in [0.3, 0.4) is 0 Å². The second-order valence-electron chi connectivity index (χ2n) is 6.17. The molecule has 2 unspecified atom stereocenters. The lowest BCUT2D eigenvalue weighted by atomic mass is 10.1. The number of halogens is 2. The van der Waals surface area contributed by atoms with Gasteiger partial charge in [-0.1, -0.05) is 30.3 Å². The molecule has 2 fully saturated rings. The number of benzene rings is 1. The third kappa shape index (κ3) is 6.57. The van der Waals surface area contributed by atoms with E-state index < -0.39 is 0 Å². The molecule has 1 amide bonds. The molecule has 0 aliphatic carbocycles. The molecule has 136 valence electrons. The first kappa shape index (κ1) is 21.2. The van der Waals surface area contributed by atoms with Crippen LogP contribution in [0, 0.1) is 0 Å². The van der Waals surface area contributed by atoms with Gasteiger partial charge in [0.1, 0.15) is 0 Å². The summed E-state index contributed by atoms with van der Waals surface area (Å²) in [5.41, 5.74) is 1.31. The van der Waals surface area contributed by atoms with Crippen molar-refractivity contribution < 1.29 is 9.53 Å². The maximum atomic E-state index is 12.1. The summed E-state index contributed by atoms with van der Waals surface area (Å²) in [6.45, 7) is 5.27. The Labute approximate surface area is 156 Å². The van der Waals surface area contributed by atoms with E-state index in [9.17, 15) is 4.79 Å². The van der Waals surface area contributed by atoms with Crippen molar-refractivity contribution in [2.75, 3.05) is 32.8 Å². The van der Waals surface area contributed by atoms with Crippen LogP contribution >= 0.6 is 24.8 Å². The summed E-state index contributed by atoms with van der Waals surface area (Å²) in [6, 6.07) is 10.7. The van der Waals surface area contributed by atoms with Gasteiger partial charge in [0.05, 0.1) is 19.1 Å². The van der Waals surface area contributed by atoms with E-state index in [2.05, 4.69) is 39.8 Å². The van der Waals surface area contributed by atoms with Crippen molar-refractivity contribution in [3.05, 3.63) is 35.9 Å². The zero-order chi connectivity index (χ0) is 15.2. The summed E-state index contributed by atoms with van der Waals surface area (Å²) in [4.78, 5) is 14.5. The molecule has 2 aliphatic heterocycles. The van der Waals surface area contributed by atoms with Crippen LogP contribution in [-0.4, -0.2) is 55.7 Å². The maximum absolute atomic E-state index is 12.1. The molecule has 2 saturated heterocycles. The maximum Gasteiger partial charge on any atom is 0.222 e. The molecule has 0 bridgehead atoms. The van der Waals surface area contributed by atoms with E-state index in [1.807, 2.05) is 6.07 Å². The Kier molecular flexibility index (Phi) is 9.63. The Morgan fingerprint density at radius 3 is 2.79 bits per heavy atom. The highest BCUT2D eigenvalue weighted by molar-refractivity contribution is 5.85. The van der Waals surface area contributed by atoms with Crippen LogP contribution in [0.25, 0.3) is 0 Å². The molecule has 3 rings (SSSR count). The van der Waals surface area contributed by atoms with Crippen molar-refractivity contribution in [2.45, 2.75) is 31.5 Å². The molecule has 1 aromatic carbocycles. The highest BCUT2D eigenvalue weighted by atomic mass is 35.5. The van der Waals surface area contributed by atoms with Gasteiger partial charge in [-0.3, -0.25) is 9.69 Å². The molecule has 1 aromatic rings. The lowest BCUT2D eigenvalue weighted by Crippen LogP contribution is -2.45. The quantitative estimate of drug-likeness (QED) is 0.820. The van der Waals surface area contributed by atoms with E-state index in [0.717, 1.165) is 39.1 Å². The average molecular weight is 376 g/mol. The number of nitrogens with one attached hydrogen (secondary N) is 2. The Bertz CT molecular complexity index is 484. The summed E-state index contributed by atoms with van der Waals surface area (Å²) in [5.74, 6) is 0.111. The van der Waals surface area contributed by atoms with Gasteiger partial charge in [0.2, 0.25) is 5.91 Å². The molecule has 0 aromatic heterocycles. The van der Waals surface area contributed by atoms with E-state index in [1.165, 1.54) is 5.56 Å². The highest BCUT2D eigenvalue weighted by Gasteiger charge is 2.24. The van der Waals surface area contributed by atoms with Gasteiger partial charge < -0.3 is 15.4 Å². The second kappa shape index (κ2) is 10.9. The Balaban J connectivity index is 0.00000144. The van der Waals surface area contributed by atoms with Gasteiger partial charge in [0.15, 0.2) is 0 Å². The predicted molar refractivity (Wildman–Crippen MR) is 100.0 cm³/mol. The minimum Gasteiger partial charge on any atom is -0.375 e. The number of ether oxygens (including phenoxy) is 1. The molecule has 0 spiro atoms. The smallest absolute Gasteiger partial charge is 0.222 e.